The number of hydrogen-bond donors (Lipinski definition) is 2. The van der Waals surface area contributed by atoms with Crippen molar-refractivity contribution in [2.24, 2.45) is 0 Å². The second-order valence-electron chi connectivity index (χ2n) is 6.32. The molecule has 0 aliphatic carbocycles. The minimum Gasteiger partial charge on any atom is -0.478 e. The van der Waals surface area contributed by atoms with Crippen LogP contribution in [0.2, 0.25) is 0 Å². The van der Waals surface area contributed by atoms with Crippen LogP contribution in [-0.4, -0.2) is 42.8 Å². The maximum absolute atomic E-state index is 12.5. The predicted molar refractivity (Wildman–Crippen MR) is 99.0 cm³/mol. The molecule has 0 atom stereocenters. The first-order valence-electron chi connectivity index (χ1n) is 8.58. The SMILES string of the molecule is O=C(O)c1cccc(C(=O)NCc2ccc(S(=O)(=O)N3CCCC3)cc2)c1. The topological polar surface area (TPSA) is 104 Å². The Labute approximate surface area is 157 Å². The monoisotopic (exact) mass is 388 g/mol. The van der Waals surface area contributed by atoms with Gasteiger partial charge in [-0.15, -0.1) is 0 Å². The largest absolute Gasteiger partial charge is 0.478 e. The molecule has 7 nitrogen and oxygen atoms in total. The molecule has 0 radical (unpaired) electrons. The van der Waals surface area contributed by atoms with Gasteiger partial charge in [-0.2, -0.15) is 4.31 Å². The van der Waals surface area contributed by atoms with Crippen LogP contribution in [0.3, 0.4) is 0 Å². The fourth-order valence-electron chi connectivity index (χ4n) is 2.93. The Kier molecular flexibility index (Phi) is 5.57. The van der Waals surface area contributed by atoms with E-state index in [1.54, 1.807) is 24.3 Å². The number of carboxylic acid groups (broad SMARTS) is 1. The van der Waals surface area contributed by atoms with Gasteiger partial charge in [-0.3, -0.25) is 4.79 Å². The Morgan fingerprint density at radius 1 is 1.00 bits per heavy atom. The average molecular weight is 388 g/mol. The molecular formula is C19H20N2O5S. The first-order valence-corrected chi connectivity index (χ1v) is 10.0. The summed E-state index contributed by atoms with van der Waals surface area (Å²) >= 11 is 0. The molecule has 1 saturated heterocycles. The molecule has 0 unspecified atom stereocenters. The molecule has 1 aliphatic rings. The van der Waals surface area contributed by atoms with Crippen molar-refractivity contribution in [2.75, 3.05) is 13.1 Å². The zero-order valence-electron chi connectivity index (χ0n) is 14.6. The number of carbonyl (C=O) groups is 2. The van der Waals surface area contributed by atoms with Crippen LogP contribution in [0.1, 0.15) is 39.1 Å². The average Bonchev–Trinajstić information content (AvgIpc) is 3.22. The molecule has 8 heteroatoms. The van der Waals surface area contributed by atoms with Gasteiger partial charge in [-0.05, 0) is 48.7 Å². The normalized spacial score (nSPS) is 14.8. The first kappa shape index (κ1) is 19.1. The number of rotatable bonds is 6. The van der Waals surface area contributed by atoms with Crippen LogP contribution in [0, 0.1) is 0 Å². The molecule has 0 spiro atoms. The van der Waals surface area contributed by atoms with Gasteiger partial charge in [0.2, 0.25) is 10.0 Å². The lowest BCUT2D eigenvalue weighted by Crippen LogP contribution is -2.28. The van der Waals surface area contributed by atoms with Gasteiger partial charge in [0.15, 0.2) is 0 Å². The van der Waals surface area contributed by atoms with Crippen molar-refractivity contribution in [3.63, 3.8) is 0 Å². The van der Waals surface area contributed by atoms with Crippen molar-refractivity contribution in [2.45, 2.75) is 24.3 Å². The number of sulfonamides is 1. The highest BCUT2D eigenvalue weighted by Gasteiger charge is 2.26. The molecule has 0 bridgehead atoms. The molecule has 1 fully saturated rings. The van der Waals surface area contributed by atoms with Crippen molar-refractivity contribution in [1.29, 1.82) is 0 Å². The van der Waals surface area contributed by atoms with E-state index in [9.17, 15) is 18.0 Å². The highest BCUT2D eigenvalue weighted by Crippen LogP contribution is 2.21. The van der Waals surface area contributed by atoms with Gasteiger partial charge in [-0.25, -0.2) is 13.2 Å². The number of carbonyl (C=O) groups excluding carboxylic acids is 1. The van der Waals surface area contributed by atoms with Gasteiger partial charge < -0.3 is 10.4 Å². The van der Waals surface area contributed by atoms with Crippen LogP contribution in [-0.2, 0) is 16.6 Å². The number of aromatic carboxylic acids is 1. The smallest absolute Gasteiger partial charge is 0.335 e. The van der Waals surface area contributed by atoms with Gasteiger partial charge >= 0.3 is 5.97 Å². The summed E-state index contributed by atoms with van der Waals surface area (Å²) in [4.78, 5) is 23.4. The standard InChI is InChI=1S/C19H20N2O5S/c22-18(15-4-3-5-16(12-15)19(23)24)20-13-14-6-8-17(9-7-14)27(25,26)21-10-1-2-11-21/h3-9,12H,1-2,10-11,13H2,(H,20,22)(H,23,24). The molecule has 1 aliphatic heterocycles. The third-order valence-corrected chi connectivity index (χ3v) is 6.36. The summed E-state index contributed by atoms with van der Waals surface area (Å²) < 4.78 is 26.5. The second-order valence-corrected chi connectivity index (χ2v) is 8.26. The quantitative estimate of drug-likeness (QED) is 0.789. The maximum Gasteiger partial charge on any atom is 0.335 e. The molecule has 2 N–H and O–H groups in total. The summed E-state index contributed by atoms with van der Waals surface area (Å²) in [7, 11) is -3.45. The Balaban J connectivity index is 1.64. The van der Waals surface area contributed by atoms with Crippen molar-refractivity contribution in [3.8, 4) is 0 Å². The van der Waals surface area contributed by atoms with E-state index in [-0.39, 0.29) is 22.6 Å². The lowest BCUT2D eigenvalue weighted by atomic mass is 10.1. The summed E-state index contributed by atoms with van der Waals surface area (Å²) in [5.41, 5.74) is 1.04. The van der Waals surface area contributed by atoms with Gasteiger partial charge in [0, 0.05) is 25.2 Å². The fourth-order valence-corrected chi connectivity index (χ4v) is 4.45. The summed E-state index contributed by atoms with van der Waals surface area (Å²) in [6, 6.07) is 12.2. The van der Waals surface area contributed by atoms with Crippen LogP contribution in [0.5, 0.6) is 0 Å². The minimum atomic E-state index is -3.45. The highest BCUT2D eigenvalue weighted by molar-refractivity contribution is 7.89. The zero-order chi connectivity index (χ0) is 19.4. The van der Waals surface area contributed by atoms with Crippen molar-refractivity contribution < 1.29 is 23.1 Å². The lowest BCUT2D eigenvalue weighted by molar-refractivity contribution is 0.0697. The molecule has 0 aromatic heterocycles. The van der Waals surface area contributed by atoms with E-state index in [4.69, 9.17) is 5.11 Å². The number of carboxylic acids is 1. The number of amides is 1. The molecule has 2 aromatic carbocycles. The summed E-state index contributed by atoms with van der Waals surface area (Å²) in [6.07, 6.45) is 1.76. The highest BCUT2D eigenvalue weighted by atomic mass is 32.2. The van der Waals surface area contributed by atoms with Crippen molar-refractivity contribution in [1.82, 2.24) is 9.62 Å². The summed E-state index contributed by atoms with van der Waals surface area (Å²) in [6.45, 7) is 1.31. The third kappa shape index (κ3) is 4.35. The molecule has 0 saturated carbocycles. The fraction of sp³-hybridized carbons (Fsp3) is 0.263. The molecule has 1 heterocycles. The second kappa shape index (κ2) is 7.89. The van der Waals surface area contributed by atoms with Crippen LogP contribution in [0.25, 0.3) is 0 Å². The molecular weight excluding hydrogens is 368 g/mol. The van der Waals surface area contributed by atoms with E-state index in [0.717, 1.165) is 18.4 Å². The Morgan fingerprint density at radius 3 is 2.26 bits per heavy atom. The third-order valence-electron chi connectivity index (χ3n) is 4.45. The molecule has 142 valence electrons. The molecule has 2 aromatic rings. The molecule has 27 heavy (non-hydrogen) atoms. The van der Waals surface area contributed by atoms with Crippen molar-refractivity contribution >= 4 is 21.9 Å². The lowest BCUT2D eigenvalue weighted by Gasteiger charge is -2.15. The Morgan fingerprint density at radius 2 is 1.63 bits per heavy atom. The zero-order valence-corrected chi connectivity index (χ0v) is 15.4. The van der Waals surface area contributed by atoms with Crippen LogP contribution in [0.15, 0.2) is 53.4 Å². The van der Waals surface area contributed by atoms with E-state index >= 15 is 0 Å². The van der Waals surface area contributed by atoms with E-state index in [2.05, 4.69) is 5.32 Å². The number of hydrogen-bond acceptors (Lipinski definition) is 4. The van der Waals surface area contributed by atoms with E-state index in [0.29, 0.717) is 13.1 Å². The predicted octanol–water partition coefficient (Wildman–Crippen LogP) is 2.10. The minimum absolute atomic E-state index is 0.0409. The van der Waals surface area contributed by atoms with E-state index in [1.807, 2.05) is 0 Å². The first-order chi connectivity index (χ1) is 12.9. The van der Waals surface area contributed by atoms with Crippen LogP contribution < -0.4 is 5.32 Å². The van der Waals surface area contributed by atoms with Gasteiger partial charge in [-0.1, -0.05) is 18.2 Å². The van der Waals surface area contributed by atoms with Gasteiger partial charge in [0.05, 0.1) is 10.5 Å². The number of nitrogens with zero attached hydrogens (tertiary/aromatic N) is 1. The van der Waals surface area contributed by atoms with Crippen LogP contribution >= 0.6 is 0 Å². The summed E-state index contributed by atoms with van der Waals surface area (Å²) in [5, 5.41) is 11.7. The Hall–Kier alpha value is -2.71. The maximum atomic E-state index is 12.5. The number of nitrogens with one attached hydrogen (secondary N) is 1. The van der Waals surface area contributed by atoms with E-state index < -0.39 is 21.9 Å². The van der Waals surface area contributed by atoms with E-state index in [1.165, 1.54) is 28.6 Å². The molecule has 1 amide bonds. The van der Waals surface area contributed by atoms with Crippen LogP contribution in [0.4, 0.5) is 0 Å². The Bertz CT molecular complexity index is 948. The van der Waals surface area contributed by atoms with Crippen molar-refractivity contribution in [3.05, 3.63) is 65.2 Å². The van der Waals surface area contributed by atoms with Gasteiger partial charge in [0.25, 0.3) is 5.91 Å². The summed E-state index contributed by atoms with van der Waals surface area (Å²) in [5.74, 6) is -1.49. The number of benzene rings is 2. The van der Waals surface area contributed by atoms with Gasteiger partial charge in [0.1, 0.15) is 0 Å². The molecule has 3 rings (SSSR count).